The Morgan fingerprint density at radius 2 is 0.923 bits per heavy atom. The number of hydrogen-bond donors (Lipinski definition) is 0. The molecule has 152 valence electrons. The normalized spacial score (nSPS) is 16.0. The lowest BCUT2D eigenvalue weighted by Crippen LogP contribution is -2.65. The first kappa shape index (κ1) is 22.7. The highest BCUT2D eigenvalue weighted by Crippen LogP contribution is 2.15. The SMILES string of the molecule is CCN(CC)CN1CN(CN(CC)CC)C(=O)N(CN(CC)CC)C1=O. The molecule has 1 aliphatic rings. The lowest BCUT2D eigenvalue weighted by molar-refractivity contribution is 0.0208. The standard InChI is InChI=1S/C18H38N6O2/c1-7-19(8-2)13-22-16-23(14-20(9-3)10-4)18(26)24(17(22)25)15-21(11-5)12-6/h7-16H2,1-6H3. The van der Waals surface area contributed by atoms with Gasteiger partial charge in [-0.3, -0.25) is 24.5 Å². The van der Waals surface area contributed by atoms with Gasteiger partial charge in [0, 0.05) is 0 Å². The van der Waals surface area contributed by atoms with Gasteiger partial charge in [0.2, 0.25) is 0 Å². The molecule has 8 nitrogen and oxygen atoms in total. The second kappa shape index (κ2) is 11.4. The summed E-state index contributed by atoms with van der Waals surface area (Å²) in [5.74, 6) is 0. The van der Waals surface area contributed by atoms with Crippen molar-refractivity contribution < 1.29 is 9.59 Å². The summed E-state index contributed by atoms with van der Waals surface area (Å²) < 4.78 is 0. The fourth-order valence-electron chi connectivity index (χ4n) is 3.04. The smallest absolute Gasteiger partial charge is 0.293 e. The fourth-order valence-corrected chi connectivity index (χ4v) is 3.04. The third-order valence-corrected chi connectivity index (χ3v) is 5.11. The Morgan fingerprint density at radius 1 is 0.615 bits per heavy atom. The van der Waals surface area contributed by atoms with Crippen molar-refractivity contribution in [3.63, 3.8) is 0 Å². The molecule has 0 atom stereocenters. The number of carbonyl (C=O) groups is 2. The molecule has 0 bridgehead atoms. The maximum atomic E-state index is 13.0. The number of amides is 4. The molecule has 0 aromatic heterocycles. The minimum atomic E-state index is -0.190. The van der Waals surface area contributed by atoms with Crippen molar-refractivity contribution in [1.82, 2.24) is 29.4 Å². The first-order valence-corrected chi connectivity index (χ1v) is 9.97. The Kier molecular flexibility index (Phi) is 9.90. The van der Waals surface area contributed by atoms with Crippen LogP contribution in [0, 0.1) is 0 Å². The van der Waals surface area contributed by atoms with Crippen LogP contribution in [0.5, 0.6) is 0 Å². The van der Waals surface area contributed by atoms with Gasteiger partial charge in [-0.1, -0.05) is 41.5 Å². The van der Waals surface area contributed by atoms with E-state index in [0.29, 0.717) is 26.7 Å². The molecule has 0 saturated carbocycles. The average Bonchev–Trinajstić information content (AvgIpc) is 2.67. The number of carbonyl (C=O) groups excluding carboxylic acids is 2. The summed E-state index contributed by atoms with van der Waals surface area (Å²) in [6, 6.07) is -0.380. The zero-order valence-corrected chi connectivity index (χ0v) is 17.6. The van der Waals surface area contributed by atoms with Gasteiger partial charge in [-0.25, -0.2) is 14.5 Å². The van der Waals surface area contributed by atoms with Crippen molar-refractivity contribution in [3.05, 3.63) is 0 Å². The van der Waals surface area contributed by atoms with Gasteiger partial charge >= 0.3 is 12.1 Å². The third kappa shape index (κ3) is 5.82. The summed E-state index contributed by atoms with van der Waals surface area (Å²) >= 11 is 0. The monoisotopic (exact) mass is 370 g/mol. The number of nitrogens with zero attached hydrogens (tertiary/aromatic N) is 6. The van der Waals surface area contributed by atoms with Crippen LogP contribution in [0.2, 0.25) is 0 Å². The van der Waals surface area contributed by atoms with Gasteiger partial charge in [0.05, 0.1) is 20.0 Å². The quantitative estimate of drug-likeness (QED) is 0.526. The van der Waals surface area contributed by atoms with Gasteiger partial charge in [0.25, 0.3) is 0 Å². The van der Waals surface area contributed by atoms with E-state index in [2.05, 4.69) is 42.4 Å². The molecule has 1 fully saturated rings. The van der Waals surface area contributed by atoms with Crippen molar-refractivity contribution in [2.45, 2.75) is 41.5 Å². The Labute approximate surface area is 159 Å². The van der Waals surface area contributed by atoms with Crippen LogP contribution in [-0.4, -0.2) is 107 Å². The number of imide groups is 1. The Morgan fingerprint density at radius 3 is 1.23 bits per heavy atom. The van der Waals surface area contributed by atoms with Crippen molar-refractivity contribution in [2.24, 2.45) is 0 Å². The van der Waals surface area contributed by atoms with E-state index in [1.807, 2.05) is 13.8 Å². The predicted molar refractivity (Wildman–Crippen MR) is 105 cm³/mol. The van der Waals surface area contributed by atoms with Crippen LogP contribution in [0.15, 0.2) is 0 Å². The zero-order valence-electron chi connectivity index (χ0n) is 17.6. The average molecular weight is 371 g/mol. The van der Waals surface area contributed by atoms with Crippen LogP contribution >= 0.6 is 0 Å². The zero-order chi connectivity index (χ0) is 19.7. The molecule has 0 aliphatic carbocycles. The summed E-state index contributed by atoms with van der Waals surface area (Å²) in [6.07, 6.45) is 0. The van der Waals surface area contributed by atoms with Crippen molar-refractivity contribution in [3.8, 4) is 0 Å². The van der Waals surface area contributed by atoms with Gasteiger partial charge in [-0.2, -0.15) is 0 Å². The second-order valence-corrected chi connectivity index (χ2v) is 6.55. The maximum absolute atomic E-state index is 13.0. The fraction of sp³-hybridized carbons (Fsp3) is 0.889. The third-order valence-electron chi connectivity index (χ3n) is 5.11. The van der Waals surface area contributed by atoms with E-state index in [-0.39, 0.29) is 12.1 Å². The van der Waals surface area contributed by atoms with Gasteiger partial charge in [-0.15, -0.1) is 0 Å². The van der Waals surface area contributed by atoms with E-state index in [9.17, 15) is 9.59 Å². The molecule has 0 aromatic carbocycles. The molecule has 1 heterocycles. The van der Waals surface area contributed by atoms with Crippen molar-refractivity contribution in [2.75, 3.05) is 65.9 Å². The summed E-state index contributed by atoms with van der Waals surface area (Å²) in [4.78, 5) is 37.4. The Hall–Kier alpha value is -1.38. The highest BCUT2D eigenvalue weighted by atomic mass is 16.2. The Bertz CT molecular complexity index is 403. The molecule has 4 amide bonds. The molecule has 1 saturated heterocycles. The summed E-state index contributed by atoms with van der Waals surface area (Å²) in [7, 11) is 0. The summed E-state index contributed by atoms with van der Waals surface area (Å²) in [5, 5.41) is 0. The van der Waals surface area contributed by atoms with Crippen LogP contribution in [-0.2, 0) is 0 Å². The van der Waals surface area contributed by atoms with Gasteiger partial charge in [0.1, 0.15) is 6.67 Å². The molecule has 0 radical (unpaired) electrons. The minimum Gasteiger partial charge on any atom is -0.293 e. The molecular formula is C18H38N6O2. The molecule has 1 rings (SSSR count). The van der Waals surface area contributed by atoms with E-state index in [1.165, 1.54) is 4.90 Å². The molecule has 1 aliphatic heterocycles. The molecule has 0 aromatic rings. The first-order chi connectivity index (χ1) is 12.4. The maximum Gasteiger partial charge on any atom is 0.331 e. The molecule has 0 N–H and O–H groups in total. The number of urea groups is 2. The highest BCUT2D eigenvalue weighted by molar-refractivity contribution is 5.95. The van der Waals surface area contributed by atoms with Crippen LogP contribution < -0.4 is 0 Å². The van der Waals surface area contributed by atoms with E-state index in [1.54, 1.807) is 9.80 Å². The summed E-state index contributed by atoms with van der Waals surface area (Å²) in [5.41, 5.74) is 0. The van der Waals surface area contributed by atoms with Gasteiger partial charge < -0.3 is 0 Å². The predicted octanol–water partition coefficient (Wildman–Crippen LogP) is 2.00. The van der Waals surface area contributed by atoms with E-state index in [0.717, 1.165) is 39.3 Å². The van der Waals surface area contributed by atoms with Crippen LogP contribution in [0.1, 0.15) is 41.5 Å². The largest absolute Gasteiger partial charge is 0.331 e. The van der Waals surface area contributed by atoms with Crippen LogP contribution in [0.4, 0.5) is 9.59 Å². The van der Waals surface area contributed by atoms with E-state index in [4.69, 9.17) is 0 Å². The lowest BCUT2D eigenvalue weighted by Gasteiger charge is -2.44. The lowest BCUT2D eigenvalue weighted by atomic mass is 10.4. The van der Waals surface area contributed by atoms with Gasteiger partial charge in [0.15, 0.2) is 0 Å². The van der Waals surface area contributed by atoms with Crippen LogP contribution in [0.3, 0.4) is 0 Å². The molecule has 0 unspecified atom stereocenters. The number of rotatable bonds is 12. The topological polar surface area (TPSA) is 53.6 Å². The van der Waals surface area contributed by atoms with Crippen molar-refractivity contribution >= 4 is 12.1 Å². The van der Waals surface area contributed by atoms with E-state index < -0.39 is 0 Å². The number of hydrogen-bond acceptors (Lipinski definition) is 5. The minimum absolute atomic E-state index is 0.190. The molecule has 0 spiro atoms. The first-order valence-electron chi connectivity index (χ1n) is 9.97. The molecular weight excluding hydrogens is 332 g/mol. The van der Waals surface area contributed by atoms with Gasteiger partial charge in [-0.05, 0) is 39.3 Å². The summed E-state index contributed by atoms with van der Waals surface area (Å²) in [6.45, 7) is 19.3. The molecule has 8 heteroatoms. The van der Waals surface area contributed by atoms with Crippen molar-refractivity contribution in [1.29, 1.82) is 0 Å². The highest BCUT2D eigenvalue weighted by Gasteiger charge is 2.38. The van der Waals surface area contributed by atoms with Crippen LogP contribution in [0.25, 0.3) is 0 Å². The second-order valence-electron chi connectivity index (χ2n) is 6.55. The Balaban J connectivity index is 3.00. The molecule has 26 heavy (non-hydrogen) atoms. The van der Waals surface area contributed by atoms with E-state index >= 15 is 0 Å².